The monoisotopic (exact) mass is 311 g/mol. The van der Waals surface area contributed by atoms with Gasteiger partial charge in [-0.1, -0.05) is 6.07 Å². The lowest BCUT2D eigenvalue weighted by Gasteiger charge is -2.03. The predicted octanol–water partition coefficient (Wildman–Crippen LogP) is 3.89. The van der Waals surface area contributed by atoms with Crippen LogP contribution in [-0.2, 0) is 10.5 Å². The number of fused-ring (bicyclic) bond motifs is 1. The van der Waals surface area contributed by atoms with E-state index in [0.717, 1.165) is 27.7 Å². The average Bonchev–Trinajstić information content (AvgIpc) is 2.90. The van der Waals surface area contributed by atoms with Gasteiger partial charge in [-0.2, -0.15) is 0 Å². The van der Waals surface area contributed by atoms with E-state index in [1.807, 2.05) is 36.5 Å². The molecule has 0 aliphatic carbocycles. The Morgan fingerprint density at radius 1 is 1.27 bits per heavy atom. The van der Waals surface area contributed by atoms with Crippen LogP contribution in [0.5, 0.6) is 0 Å². The lowest BCUT2D eigenvalue weighted by Crippen LogP contribution is -2.05. The Kier molecular flexibility index (Phi) is 4.15. The minimum Gasteiger partial charge on any atom is -0.326 e. The molecule has 5 heteroatoms. The Morgan fingerprint density at radius 3 is 2.73 bits per heavy atom. The molecular formula is C17H17N3OS. The van der Waals surface area contributed by atoms with Crippen LogP contribution >= 0.6 is 11.8 Å². The molecule has 0 aliphatic heterocycles. The fraction of sp³-hybridized carbons (Fsp3) is 0.176. The molecule has 0 unspecified atom stereocenters. The van der Waals surface area contributed by atoms with Crippen molar-refractivity contribution < 1.29 is 4.79 Å². The zero-order valence-corrected chi connectivity index (χ0v) is 13.4. The van der Waals surface area contributed by atoms with Crippen molar-refractivity contribution in [2.45, 2.75) is 24.5 Å². The van der Waals surface area contributed by atoms with Crippen molar-refractivity contribution in [3.05, 3.63) is 60.0 Å². The lowest BCUT2D eigenvalue weighted by atomic mass is 10.3. The number of carbonyl (C=O) groups is 1. The van der Waals surface area contributed by atoms with Gasteiger partial charge in [-0.05, 0) is 42.8 Å². The van der Waals surface area contributed by atoms with Crippen molar-refractivity contribution in [2.75, 3.05) is 5.32 Å². The van der Waals surface area contributed by atoms with Crippen LogP contribution < -0.4 is 5.32 Å². The van der Waals surface area contributed by atoms with E-state index in [-0.39, 0.29) is 5.91 Å². The molecule has 3 rings (SSSR count). The van der Waals surface area contributed by atoms with Crippen LogP contribution in [0.25, 0.3) is 5.65 Å². The van der Waals surface area contributed by atoms with E-state index in [4.69, 9.17) is 0 Å². The number of aryl methyl sites for hydroxylation is 1. The van der Waals surface area contributed by atoms with E-state index in [2.05, 4.69) is 33.9 Å². The van der Waals surface area contributed by atoms with Crippen molar-refractivity contribution >= 4 is 29.0 Å². The van der Waals surface area contributed by atoms with Crippen molar-refractivity contribution in [3.63, 3.8) is 0 Å². The molecule has 1 aromatic carbocycles. The Labute approximate surface area is 133 Å². The lowest BCUT2D eigenvalue weighted by molar-refractivity contribution is -0.114. The van der Waals surface area contributed by atoms with Gasteiger partial charge in [-0.15, -0.1) is 11.8 Å². The number of nitrogens with zero attached hydrogens (tertiary/aromatic N) is 2. The molecule has 112 valence electrons. The van der Waals surface area contributed by atoms with E-state index in [9.17, 15) is 4.79 Å². The summed E-state index contributed by atoms with van der Waals surface area (Å²) in [5.41, 5.74) is 4.07. The molecule has 1 N–H and O–H groups in total. The topological polar surface area (TPSA) is 46.4 Å². The molecule has 0 fully saturated rings. The second kappa shape index (κ2) is 6.23. The van der Waals surface area contributed by atoms with Gasteiger partial charge < -0.3 is 9.72 Å². The maximum absolute atomic E-state index is 11.0. The number of carbonyl (C=O) groups excluding carboxylic acids is 1. The highest BCUT2D eigenvalue weighted by Crippen LogP contribution is 2.24. The summed E-state index contributed by atoms with van der Waals surface area (Å²) in [5.74, 6) is 0.765. The molecule has 0 radical (unpaired) electrons. The molecule has 2 aromatic heterocycles. The van der Waals surface area contributed by atoms with Crippen molar-refractivity contribution in [1.29, 1.82) is 0 Å². The molecule has 0 aliphatic rings. The first-order valence-electron chi connectivity index (χ1n) is 7.05. The zero-order chi connectivity index (χ0) is 15.5. The molecule has 0 bridgehead atoms. The molecule has 22 heavy (non-hydrogen) atoms. The number of anilines is 1. The van der Waals surface area contributed by atoms with Gasteiger partial charge in [0.2, 0.25) is 5.91 Å². The summed E-state index contributed by atoms with van der Waals surface area (Å²) >= 11 is 1.73. The number of thioether (sulfide) groups is 1. The first-order chi connectivity index (χ1) is 10.6. The Balaban J connectivity index is 1.68. The van der Waals surface area contributed by atoms with Crippen LogP contribution in [0.4, 0.5) is 5.69 Å². The summed E-state index contributed by atoms with van der Waals surface area (Å²) in [6, 6.07) is 11.9. The highest BCUT2D eigenvalue weighted by Gasteiger charge is 2.04. The van der Waals surface area contributed by atoms with Crippen LogP contribution in [-0.4, -0.2) is 15.3 Å². The van der Waals surface area contributed by atoms with Crippen LogP contribution in [0.1, 0.15) is 18.2 Å². The van der Waals surface area contributed by atoms with E-state index in [0.29, 0.717) is 0 Å². The third-order valence-electron chi connectivity index (χ3n) is 3.29. The van der Waals surface area contributed by atoms with E-state index in [1.54, 1.807) is 11.8 Å². The van der Waals surface area contributed by atoms with Crippen molar-refractivity contribution in [1.82, 2.24) is 9.38 Å². The largest absolute Gasteiger partial charge is 0.326 e. The molecule has 3 aromatic rings. The second-order valence-corrected chi connectivity index (χ2v) is 6.20. The van der Waals surface area contributed by atoms with Gasteiger partial charge >= 0.3 is 0 Å². The summed E-state index contributed by atoms with van der Waals surface area (Å²) in [6.07, 6.45) is 4.09. The summed E-state index contributed by atoms with van der Waals surface area (Å²) in [7, 11) is 0. The van der Waals surface area contributed by atoms with Crippen molar-refractivity contribution in [2.24, 2.45) is 0 Å². The molecular weight excluding hydrogens is 294 g/mol. The van der Waals surface area contributed by atoms with Crippen LogP contribution in [0.2, 0.25) is 0 Å². The first-order valence-corrected chi connectivity index (χ1v) is 8.04. The fourth-order valence-corrected chi connectivity index (χ4v) is 3.05. The third kappa shape index (κ3) is 3.31. The first kappa shape index (κ1) is 14.7. The minimum atomic E-state index is -0.0551. The smallest absolute Gasteiger partial charge is 0.221 e. The Morgan fingerprint density at radius 2 is 2.05 bits per heavy atom. The third-order valence-corrected chi connectivity index (χ3v) is 4.33. The quantitative estimate of drug-likeness (QED) is 0.743. The van der Waals surface area contributed by atoms with Gasteiger partial charge in [0.15, 0.2) is 0 Å². The maximum atomic E-state index is 11.0. The number of benzene rings is 1. The summed E-state index contributed by atoms with van der Waals surface area (Å²) in [4.78, 5) is 16.8. The van der Waals surface area contributed by atoms with Gasteiger partial charge in [0, 0.05) is 35.7 Å². The molecule has 4 nitrogen and oxygen atoms in total. The number of hydrogen-bond acceptors (Lipinski definition) is 3. The zero-order valence-electron chi connectivity index (χ0n) is 12.5. The second-order valence-electron chi connectivity index (χ2n) is 5.15. The average molecular weight is 311 g/mol. The number of pyridine rings is 1. The van der Waals surface area contributed by atoms with Crippen LogP contribution in [0.3, 0.4) is 0 Å². The molecule has 0 saturated heterocycles. The number of rotatable bonds is 4. The van der Waals surface area contributed by atoms with Gasteiger partial charge in [-0.25, -0.2) is 4.98 Å². The normalized spacial score (nSPS) is 10.8. The van der Waals surface area contributed by atoms with E-state index >= 15 is 0 Å². The number of imidazole rings is 1. The minimum absolute atomic E-state index is 0.0551. The van der Waals surface area contributed by atoms with Crippen molar-refractivity contribution in [3.8, 4) is 0 Å². The van der Waals surface area contributed by atoms with Crippen LogP contribution in [0.15, 0.2) is 53.7 Å². The Hall–Kier alpha value is -2.27. The summed E-state index contributed by atoms with van der Waals surface area (Å²) < 4.78 is 2.06. The standard InChI is InChI=1S/C17H17N3OS/c1-12-4-3-9-20-10-15(19-17(12)20)11-22-16-7-5-14(6-8-16)18-13(2)21/h3-10H,11H2,1-2H3,(H,18,21). The molecule has 2 heterocycles. The predicted molar refractivity (Wildman–Crippen MR) is 90.2 cm³/mol. The van der Waals surface area contributed by atoms with Gasteiger partial charge in [-0.3, -0.25) is 4.79 Å². The number of amides is 1. The van der Waals surface area contributed by atoms with Gasteiger partial charge in [0.05, 0.1) is 5.69 Å². The van der Waals surface area contributed by atoms with Gasteiger partial charge in [0.25, 0.3) is 0 Å². The highest BCUT2D eigenvalue weighted by atomic mass is 32.2. The Bertz CT molecular complexity index is 808. The summed E-state index contributed by atoms with van der Waals surface area (Å²) in [6.45, 7) is 3.58. The van der Waals surface area contributed by atoms with Crippen LogP contribution in [0, 0.1) is 6.92 Å². The molecule has 0 saturated carbocycles. The van der Waals surface area contributed by atoms with Gasteiger partial charge in [0.1, 0.15) is 5.65 Å². The number of hydrogen-bond donors (Lipinski definition) is 1. The highest BCUT2D eigenvalue weighted by molar-refractivity contribution is 7.98. The molecule has 0 atom stereocenters. The van der Waals surface area contributed by atoms with E-state index in [1.165, 1.54) is 12.5 Å². The number of nitrogens with one attached hydrogen (secondary N) is 1. The molecule has 1 amide bonds. The molecule has 0 spiro atoms. The van der Waals surface area contributed by atoms with E-state index < -0.39 is 0 Å². The summed E-state index contributed by atoms with van der Waals surface area (Å²) in [5, 5.41) is 2.77. The SMILES string of the molecule is CC(=O)Nc1ccc(SCc2cn3cccc(C)c3n2)cc1. The number of aromatic nitrogens is 2. The fourth-order valence-electron chi connectivity index (χ4n) is 2.27. The maximum Gasteiger partial charge on any atom is 0.221 e.